The molecule has 0 saturated heterocycles. The van der Waals surface area contributed by atoms with Crippen LogP contribution in [0.2, 0.25) is 0 Å². The van der Waals surface area contributed by atoms with Gasteiger partial charge in [-0.2, -0.15) is 0 Å². The van der Waals surface area contributed by atoms with E-state index in [1.165, 1.54) is 6.08 Å². The molecular weight excluding hydrogens is 130 g/mol. The Morgan fingerprint density at radius 1 is 1.60 bits per heavy atom. The van der Waals surface area contributed by atoms with Crippen LogP contribution >= 0.6 is 0 Å². The van der Waals surface area contributed by atoms with Gasteiger partial charge in [0, 0.05) is 20.2 Å². The molecule has 0 amide bonds. The van der Waals surface area contributed by atoms with Crippen molar-refractivity contribution in [2.24, 2.45) is 0 Å². The first-order chi connectivity index (χ1) is 4.61. The lowest BCUT2D eigenvalue weighted by molar-refractivity contribution is -0.120. The molecule has 1 aliphatic rings. The second-order valence-electron chi connectivity index (χ2n) is 2.54. The highest BCUT2D eigenvalue weighted by molar-refractivity contribution is 5.95. The Labute approximate surface area is 60.3 Å². The van der Waals surface area contributed by atoms with Gasteiger partial charge in [-0.05, 0) is 6.92 Å². The van der Waals surface area contributed by atoms with Crippen LogP contribution in [0.5, 0.6) is 0 Å². The third-order valence-corrected chi connectivity index (χ3v) is 1.40. The molecular formula is C7H11NO2. The van der Waals surface area contributed by atoms with Gasteiger partial charge in [0.1, 0.15) is 0 Å². The smallest absolute Gasteiger partial charge is 0.201 e. The van der Waals surface area contributed by atoms with Crippen LogP contribution in [0.1, 0.15) is 6.92 Å². The van der Waals surface area contributed by atoms with E-state index in [4.69, 9.17) is 4.74 Å². The van der Waals surface area contributed by atoms with E-state index in [0.29, 0.717) is 5.88 Å². The van der Waals surface area contributed by atoms with Crippen LogP contribution in [0.15, 0.2) is 12.0 Å². The summed E-state index contributed by atoms with van der Waals surface area (Å²) in [6.07, 6.45) is 1.22. The highest BCUT2D eigenvalue weighted by atomic mass is 16.5. The third-order valence-electron chi connectivity index (χ3n) is 1.40. The molecule has 1 aliphatic heterocycles. The summed E-state index contributed by atoms with van der Waals surface area (Å²) in [6, 6.07) is 0. The maximum Gasteiger partial charge on any atom is 0.201 e. The zero-order chi connectivity index (χ0) is 7.72. The Hall–Kier alpha value is -0.990. The molecule has 1 rings (SSSR count). The van der Waals surface area contributed by atoms with Gasteiger partial charge in [-0.25, -0.2) is 0 Å². The summed E-state index contributed by atoms with van der Waals surface area (Å²) >= 11 is 0. The SMILES string of the molecule is CC1OC(N(C)C)=CC1=O. The van der Waals surface area contributed by atoms with Crippen LogP contribution in [-0.2, 0) is 9.53 Å². The molecule has 0 aromatic heterocycles. The van der Waals surface area contributed by atoms with E-state index >= 15 is 0 Å². The van der Waals surface area contributed by atoms with Crippen molar-refractivity contribution in [1.82, 2.24) is 4.90 Å². The maximum absolute atomic E-state index is 10.9. The van der Waals surface area contributed by atoms with Gasteiger partial charge in [0.15, 0.2) is 12.0 Å². The largest absolute Gasteiger partial charge is 0.468 e. The van der Waals surface area contributed by atoms with E-state index in [2.05, 4.69) is 0 Å². The van der Waals surface area contributed by atoms with E-state index in [9.17, 15) is 4.79 Å². The van der Waals surface area contributed by atoms with Crippen molar-refractivity contribution in [2.45, 2.75) is 13.0 Å². The molecule has 10 heavy (non-hydrogen) atoms. The van der Waals surface area contributed by atoms with Crippen LogP contribution in [0.3, 0.4) is 0 Å². The lowest BCUT2D eigenvalue weighted by Gasteiger charge is -2.13. The van der Waals surface area contributed by atoms with Gasteiger partial charge in [0.2, 0.25) is 5.78 Å². The summed E-state index contributed by atoms with van der Waals surface area (Å²) < 4.78 is 5.17. The molecule has 0 fully saturated rings. The standard InChI is InChI=1S/C7H11NO2/c1-5-6(9)4-7(10-5)8(2)3/h4-5H,1-3H3. The van der Waals surface area contributed by atoms with Crippen LogP contribution in [0.4, 0.5) is 0 Å². The number of hydrogen-bond acceptors (Lipinski definition) is 3. The fourth-order valence-electron chi connectivity index (χ4n) is 0.747. The second-order valence-corrected chi connectivity index (χ2v) is 2.54. The predicted molar refractivity (Wildman–Crippen MR) is 37.3 cm³/mol. The van der Waals surface area contributed by atoms with Gasteiger partial charge < -0.3 is 9.64 Å². The Morgan fingerprint density at radius 2 is 2.20 bits per heavy atom. The van der Waals surface area contributed by atoms with Crippen molar-refractivity contribution in [3.05, 3.63) is 12.0 Å². The summed E-state index contributed by atoms with van der Waals surface area (Å²) in [7, 11) is 3.69. The Kier molecular flexibility index (Phi) is 1.66. The quantitative estimate of drug-likeness (QED) is 0.528. The molecule has 0 aliphatic carbocycles. The number of ketones is 1. The van der Waals surface area contributed by atoms with E-state index in [-0.39, 0.29) is 11.9 Å². The highest BCUT2D eigenvalue weighted by Crippen LogP contribution is 2.14. The predicted octanol–water partition coefficient (Wildman–Crippen LogP) is 0.377. The molecule has 3 heteroatoms. The minimum absolute atomic E-state index is 0.0451. The molecule has 1 heterocycles. The molecule has 0 N–H and O–H groups in total. The van der Waals surface area contributed by atoms with E-state index in [1.807, 2.05) is 14.1 Å². The molecule has 0 aromatic rings. The minimum atomic E-state index is -0.294. The second kappa shape index (κ2) is 2.33. The Morgan fingerprint density at radius 3 is 2.40 bits per heavy atom. The van der Waals surface area contributed by atoms with Crippen LogP contribution in [-0.4, -0.2) is 30.9 Å². The summed E-state index contributed by atoms with van der Waals surface area (Å²) in [5, 5.41) is 0. The molecule has 0 saturated carbocycles. The fraction of sp³-hybridized carbons (Fsp3) is 0.571. The number of rotatable bonds is 1. The molecule has 0 spiro atoms. The van der Waals surface area contributed by atoms with Gasteiger partial charge in [-0.1, -0.05) is 0 Å². The zero-order valence-electron chi connectivity index (χ0n) is 6.42. The summed E-state index contributed by atoms with van der Waals surface area (Å²) in [6.45, 7) is 1.75. The van der Waals surface area contributed by atoms with E-state index in [0.717, 1.165) is 0 Å². The fourth-order valence-corrected chi connectivity index (χ4v) is 0.747. The molecule has 0 radical (unpaired) electrons. The minimum Gasteiger partial charge on any atom is -0.468 e. The highest BCUT2D eigenvalue weighted by Gasteiger charge is 2.22. The Balaban J connectivity index is 2.67. The third kappa shape index (κ3) is 1.12. The number of nitrogens with zero attached hydrogens (tertiary/aromatic N) is 1. The maximum atomic E-state index is 10.9. The molecule has 1 unspecified atom stereocenters. The van der Waals surface area contributed by atoms with Gasteiger partial charge in [-0.15, -0.1) is 0 Å². The van der Waals surface area contributed by atoms with E-state index in [1.54, 1.807) is 11.8 Å². The molecule has 0 bridgehead atoms. The number of carbonyl (C=O) groups excluding carboxylic acids is 1. The van der Waals surface area contributed by atoms with Crippen molar-refractivity contribution in [2.75, 3.05) is 14.1 Å². The average Bonchev–Trinajstić information content (AvgIpc) is 2.13. The first-order valence-electron chi connectivity index (χ1n) is 3.21. The average molecular weight is 141 g/mol. The Bertz CT molecular complexity index is 184. The van der Waals surface area contributed by atoms with Crippen molar-refractivity contribution in [1.29, 1.82) is 0 Å². The van der Waals surface area contributed by atoms with Crippen molar-refractivity contribution in [3.8, 4) is 0 Å². The van der Waals surface area contributed by atoms with Gasteiger partial charge in [-0.3, -0.25) is 4.79 Å². The van der Waals surface area contributed by atoms with E-state index < -0.39 is 0 Å². The topological polar surface area (TPSA) is 29.5 Å². The number of ether oxygens (including phenoxy) is 1. The van der Waals surface area contributed by atoms with Gasteiger partial charge >= 0.3 is 0 Å². The molecule has 3 nitrogen and oxygen atoms in total. The van der Waals surface area contributed by atoms with Crippen molar-refractivity contribution in [3.63, 3.8) is 0 Å². The van der Waals surface area contributed by atoms with Crippen LogP contribution in [0.25, 0.3) is 0 Å². The molecule has 0 aromatic carbocycles. The lowest BCUT2D eigenvalue weighted by atomic mass is 10.3. The summed E-state index contributed by atoms with van der Waals surface area (Å²) in [5.74, 6) is 0.696. The van der Waals surface area contributed by atoms with Crippen molar-refractivity contribution >= 4 is 5.78 Å². The summed E-state index contributed by atoms with van der Waals surface area (Å²) in [5.41, 5.74) is 0. The number of hydrogen-bond donors (Lipinski definition) is 0. The molecule has 56 valence electrons. The number of carbonyl (C=O) groups is 1. The van der Waals surface area contributed by atoms with Crippen LogP contribution < -0.4 is 0 Å². The van der Waals surface area contributed by atoms with Gasteiger partial charge in [0.05, 0.1) is 0 Å². The zero-order valence-corrected chi connectivity index (χ0v) is 6.42. The first-order valence-corrected chi connectivity index (χ1v) is 3.21. The summed E-state index contributed by atoms with van der Waals surface area (Å²) in [4.78, 5) is 12.6. The molecule has 1 atom stereocenters. The first kappa shape index (κ1) is 7.12. The van der Waals surface area contributed by atoms with Gasteiger partial charge in [0.25, 0.3) is 0 Å². The van der Waals surface area contributed by atoms with Crippen molar-refractivity contribution < 1.29 is 9.53 Å². The monoisotopic (exact) mass is 141 g/mol. The van der Waals surface area contributed by atoms with Crippen LogP contribution in [0, 0.1) is 0 Å². The normalized spacial score (nSPS) is 24.1. The lowest BCUT2D eigenvalue weighted by Crippen LogP contribution is -2.15.